The van der Waals surface area contributed by atoms with Crippen molar-refractivity contribution < 1.29 is 19.2 Å². The fourth-order valence-corrected chi connectivity index (χ4v) is 2.67. The van der Waals surface area contributed by atoms with E-state index < -0.39 is 23.4 Å². The second-order valence-corrected chi connectivity index (χ2v) is 6.00. The Morgan fingerprint density at radius 1 is 1.11 bits per heavy atom. The second kappa shape index (κ2) is 10.0. The summed E-state index contributed by atoms with van der Waals surface area (Å²) in [6, 6.07) is 11.7. The summed E-state index contributed by atoms with van der Waals surface area (Å²) in [5.41, 5.74) is 3.21. The van der Waals surface area contributed by atoms with Gasteiger partial charge in [0.05, 0.1) is 4.92 Å². The monoisotopic (exact) mass is 382 g/mol. The van der Waals surface area contributed by atoms with Crippen LogP contribution < -0.4 is 5.32 Å². The van der Waals surface area contributed by atoms with Crippen LogP contribution in [0.5, 0.6) is 0 Å². The molecule has 1 amide bonds. The smallest absolute Gasteiger partial charge is 0.331 e. The molecule has 0 aliphatic heterocycles. The van der Waals surface area contributed by atoms with Gasteiger partial charge in [0.2, 0.25) is 0 Å². The number of carbonyl (C=O) groups is 2. The van der Waals surface area contributed by atoms with Crippen LogP contribution in [-0.2, 0) is 27.2 Å². The zero-order valence-corrected chi connectivity index (χ0v) is 15.8. The number of carbonyl (C=O) groups excluding carboxylic acids is 2. The van der Waals surface area contributed by atoms with Gasteiger partial charge in [-0.25, -0.2) is 4.79 Å². The Bertz CT molecular complexity index is 883. The highest BCUT2D eigenvalue weighted by atomic mass is 16.6. The largest absolute Gasteiger partial charge is 0.452 e. The molecule has 0 saturated carbocycles. The van der Waals surface area contributed by atoms with Gasteiger partial charge < -0.3 is 10.1 Å². The van der Waals surface area contributed by atoms with Crippen molar-refractivity contribution in [3.8, 4) is 0 Å². The van der Waals surface area contributed by atoms with Crippen molar-refractivity contribution in [2.75, 3.05) is 11.9 Å². The van der Waals surface area contributed by atoms with E-state index in [1.165, 1.54) is 24.3 Å². The number of nitro groups is 1. The Labute approximate surface area is 163 Å². The molecule has 2 rings (SSSR count). The first kappa shape index (κ1) is 20.8. The maximum atomic E-state index is 12.2. The summed E-state index contributed by atoms with van der Waals surface area (Å²) in [6.45, 7) is 3.59. The van der Waals surface area contributed by atoms with Crippen molar-refractivity contribution in [2.24, 2.45) is 0 Å². The van der Waals surface area contributed by atoms with Crippen LogP contribution in [0.25, 0.3) is 6.08 Å². The van der Waals surface area contributed by atoms with Gasteiger partial charge in [-0.2, -0.15) is 0 Å². The van der Waals surface area contributed by atoms with E-state index >= 15 is 0 Å². The molecular weight excluding hydrogens is 360 g/mol. The number of nitrogens with zero attached hydrogens (tertiary/aromatic N) is 1. The summed E-state index contributed by atoms with van der Waals surface area (Å²) >= 11 is 0. The van der Waals surface area contributed by atoms with Crippen LogP contribution in [-0.4, -0.2) is 23.4 Å². The molecule has 2 aromatic rings. The number of benzene rings is 2. The number of rotatable bonds is 8. The number of nitro benzene ring substituents is 1. The van der Waals surface area contributed by atoms with Gasteiger partial charge in [-0.1, -0.05) is 44.2 Å². The third-order valence-electron chi connectivity index (χ3n) is 4.10. The summed E-state index contributed by atoms with van der Waals surface area (Å²) in [5.74, 6) is -1.13. The van der Waals surface area contributed by atoms with Crippen LogP contribution in [0.15, 0.2) is 48.5 Å². The van der Waals surface area contributed by atoms with Crippen molar-refractivity contribution in [2.45, 2.75) is 26.7 Å². The number of amides is 1. The van der Waals surface area contributed by atoms with E-state index in [0.29, 0.717) is 5.56 Å². The van der Waals surface area contributed by atoms with E-state index in [9.17, 15) is 19.7 Å². The normalized spacial score (nSPS) is 10.6. The zero-order chi connectivity index (χ0) is 20.5. The first-order valence-corrected chi connectivity index (χ1v) is 8.94. The topological polar surface area (TPSA) is 98.5 Å². The summed E-state index contributed by atoms with van der Waals surface area (Å²) in [7, 11) is 0. The molecule has 0 atom stereocenters. The van der Waals surface area contributed by atoms with Crippen molar-refractivity contribution in [1.82, 2.24) is 0 Å². The number of nitrogens with one attached hydrogen (secondary N) is 1. The van der Waals surface area contributed by atoms with Gasteiger partial charge >= 0.3 is 5.97 Å². The van der Waals surface area contributed by atoms with E-state index in [4.69, 9.17) is 4.74 Å². The van der Waals surface area contributed by atoms with Crippen LogP contribution in [0.3, 0.4) is 0 Å². The Kier molecular flexibility index (Phi) is 7.45. The molecule has 2 aromatic carbocycles. The number of hydrogen-bond acceptors (Lipinski definition) is 5. The molecule has 1 N–H and O–H groups in total. The molecule has 0 aliphatic rings. The minimum absolute atomic E-state index is 0.0730. The Morgan fingerprint density at radius 2 is 1.75 bits per heavy atom. The molecular formula is C21H22N2O5. The van der Waals surface area contributed by atoms with Gasteiger partial charge in [-0.15, -0.1) is 0 Å². The number of hydrogen-bond donors (Lipinski definition) is 1. The summed E-state index contributed by atoms with van der Waals surface area (Å²) < 4.78 is 4.95. The Hall–Kier alpha value is -3.48. The summed E-state index contributed by atoms with van der Waals surface area (Å²) in [4.78, 5) is 34.2. The quantitative estimate of drug-likeness (QED) is 0.323. The Balaban J connectivity index is 1.94. The van der Waals surface area contributed by atoms with Crippen molar-refractivity contribution in [1.29, 1.82) is 0 Å². The maximum Gasteiger partial charge on any atom is 0.331 e. The average Bonchev–Trinajstić information content (AvgIpc) is 2.71. The van der Waals surface area contributed by atoms with Crippen LogP contribution in [0.4, 0.5) is 11.4 Å². The highest BCUT2D eigenvalue weighted by molar-refractivity contribution is 5.95. The van der Waals surface area contributed by atoms with E-state index in [0.717, 1.165) is 35.7 Å². The molecule has 0 bridgehead atoms. The van der Waals surface area contributed by atoms with Crippen LogP contribution in [0, 0.1) is 10.1 Å². The molecule has 0 aliphatic carbocycles. The maximum absolute atomic E-state index is 12.2. The average molecular weight is 382 g/mol. The lowest BCUT2D eigenvalue weighted by molar-refractivity contribution is -0.384. The number of ether oxygens (including phenoxy) is 1. The summed E-state index contributed by atoms with van der Waals surface area (Å²) in [5, 5.41) is 13.6. The van der Waals surface area contributed by atoms with Gasteiger partial charge in [0.15, 0.2) is 6.61 Å². The molecule has 7 heteroatoms. The minimum Gasteiger partial charge on any atom is -0.452 e. The fraction of sp³-hybridized carbons (Fsp3) is 0.238. The summed E-state index contributed by atoms with van der Waals surface area (Å²) in [6.07, 6.45) is 4.07. The standard InChI is InChI=1S/C21H22N2O5/c1-3-16-8-6-9-17(4-2)21(16)22-19(24)14-28-20(25)12-11-15-7-5-10-18(13-15)23(26)27/h5-13H,3-4,14H2,1-2H3,(H,22,24). The molecule has 0 fully saturated rings. The lowest BCUT2D eigenvalue weighted by atomic mass is 10.0. The van der Waals surface area contributed by atoms with Crippen molar-refractivity contribution in [3.63, 3.8) is 0 Å². The molecule has 146 valence electrons. The van der Waals surface area contributed by atoms with Crippen LogP contribution in [0.2, 0.25) is 0 Å². The number of aryl methyl sites for hydroxylation is 2. The zero-order valence-electron chi connectivity index (χ0n) is 15.8. The number of anilines is 1. The molecule has 0 saturated heterocycles. The van der Waals surface area contributed by atoms with Crippen LogP contribution in [0.1, 0.15) is 30.5 Å². The lowest BCUT2D eigenvalue weighted by Gasteiger charge is -2.14. The van der Waals surface area contributed by atoms with E-state index in [-0.39, 0.29) is 5.69 Å². The van der Waals surface area contributed by atoms with Gasteiger partial charge in [0.1, 0.15) is 0 Å². The molecule has 7 nitrogen and oxygen atoms in total. The SMILES string of the molecule is CCc1cccc(CC)c1NC(=O)COC(=O)C=Cc1cccc([N+](=O)[O-])c1. The predicted octanol–water partition coefficient (Wildman–Crippen LogP) is 3.91. The van der Waals surface area contributed by atoms with E-state index in [1.54, 1.807) is 6.07 Å². The molecule has 28 heavy (non-hydrogen) atoms. The molecule has 0 unspecified atom stereocenters. The van der Waals surface area contributed by atoms with Gasteiger partial charge in [-0.3, -0.25) is 14.9 Å². The second-order valence-electron chi connectivity index (χ2n) is 6.00. The minimum atomic E-state index is -0.707. The lowest BCUT2D eigenvalue weighted by Crippen LogP contribution is -2.21. The van der Waals surface area contributed by atoms with E-state index in [2.05, 4.69) is 5.32 Å². The van der Waals surface area contributed by atoms with Gasteiger partial charge in [0, 0.05) is 23.9 Å². The van der Waals surface area contributed by atoms with Gasteiger partial charge in [0.25, 0.3) is 11.6 Å². The van der Waals surface area contributed by atoms with Gasteiger partial charge in [-0.05, 0) is 35.6 Å². The molecule has 0 spiro atoms. The fourth-order valence-electron chi connectivity index (χ4n) is 2.67. The van der Waals surface area contributed by atoms with Crippen LogP contribution >= 0.6 is 0 Å². The molecule has 0 radical (unpaired) electrons. The van der Waals surface area contributed by atoms with Crippen molar-refractivity contribution >= 4 is 29.3 Å². The third kappa shape index (κ3) is 5.77. The highest BCUT2D eigenvalue weighted by Gasteiger charge is 2.11. The predicted molar refractivity (Wildman–Crippen MR) is 107 cm³/mol. The van der Waals surface area contributed by atoms with Crippen molar-refractivity contribution in [3.05, 3.63) is 75.3 Å². The Morgan fingerprint density at radius 3 is 2.36 bits per heavy atom. The number of esters is 1. The van der Waals surface area contributed by atoms with E-state index in [1.807, 2.05) is 32.0 Å². The number of para-hydroxylation sites is 1. The third-order valence-corrected chi connectivity index (χ3v) is 4.10. The highest BCUT2D eigenvalue weighted by Crippen LogP contribution is 2.22. The first-order valence-electron chi connectivity index (χ1n) is 8.94. The number of non-ortho nitro benzene ring substituents is 1. The molecule has 0 heterocycles. The first-order chi connectivity index (χ1) is 13.4. The molecule has 0 aromatic heterocycles.